The first kappa shape index (κ1) is 23.4. The third-order valence-corrected chi connectivity index (χ3v) is 4.81. The van der Waals surface area contributed by atoms with Crippen molar-refractivity contribution in [2.24, 2.45) is 0 Å². The topological polar surface area (TPSA) is 80.6 Å². The highest BCUT2D eigenvalue weighted by Crippen LogP contribution is 2.30. The van der Waals surface area contributed by atoms with E-state index in [9.17, 15) is 10.1 Å². The summed E-state index contributed by atoms with van der Waals surface area (Å²) in [7, 11) is 1.57. The van der Waals surface area contributed by atoms with Crippen molar-refractivity contribution in [2.45, 2.75) is 20.5 Å². The molecule has 3 rings (SSSR count). The monoisotopic (exact) mass is 442 g/mol. The Kier molecular flexibility index (Phi) is 8.09. The third-order valence-electron chi connectivity index (χ3n) is 4.81. The van der Waals surface area contributed by atoms with Crippen molar-refractivity contribution >= 4 is 17.7 Å². The lowest BCUT2D eigenvalue weighted by atomic mass is 10.1. The Morgan fingerprint density at radius 2 is 1.73 bits per heavy atom. The molecule has 6 nitrogen and oxygen atoms in total. The van der Waals surface area contributed by atoms with Crippen LogP contribution in [-0.2, 0) is 11.4 Å². The number of aryl methyl sites for hydroxylation is 1. The number of carbonyl (C=O) groups is 1. The van der Waals surface area contributed by atoms with E-state index in [4.69, 9.17) is 14.2 Å². The number of anilines is 1. The molecule has 1 amide bonds. The van der Waals surface area contributed by atoms with E-state index in [0.29, 0.717) is 41.7 Å². The molecule has 0 heterocycles. The summed E-state index contributed by atoms with van der Waals surface area (Å²) in [6, 6.07) is 22.3. The lowest BCUT2D eigenvalue weighted by molar-refractivity contribution is -0.112. The van der Waals surface area contributed by atoms with E-state index in [-0.39, 0.29) is 5.57 Å². The van der Waals surface area contributed by atoms with Gasteiger partial charge in [-0.15, -0.1) is 0 Å². The zero-order chi connectivity index (χ0) is 23.6. The lowest BCUT2D eigenvalue weighted by Gasteiger charge is -2.13. The lowest BCUT2D eigenvalue weighted by Crippen LogP contribution is -2.13. The first-order chi connectivity index (χ1) is 16.0. The van der Waals surface area contributed by atoms with E-state index >= 15 is 0 Å². The first-order valence-electron chi connectivity index (χ1n) is 10.5. The van der Waals surface area contributed by atoms with Gasteiger partial charge in [-0.25, -0.2) is 0 Å². The number of rotatable bonds is 9. The van der Waals surface area contributed by atoms with Crippen molar-refractivity contribution in [3.63, 3.8) is 0 Å². The second kappa shape index (κ2) is 11.4. The minimum atomic E-state index is -0.500. The summed E-state index contributed by atoms with van der Waals surface area (Å²) < 4.78 is 16.8. The third kappa shape index (κ3) is 6.62. The Morgan fingerprint density at radius 3 is 2.36 bits per heavy atom. The highest BCUT2D eigenvalue weighted by Gasteiger charge is 2.12. The van der Waals surface area contributed by atoms with Crippen LogP contribution in [0.3, 0.4) is 0 Å². The fraction of sp³-hybridized carbons (Fsp3) is 0.185. The quantitative estimate of drug-likeness (QED) is 0.348. The van der Waals surface area contributed by atoms with Gasteiger partial charge in [0.25, 0.3) is 5.91 Å². The summed E-state index contributed by atoms with van der Waals surface area (Å²) in [4.78, 5) is 12.6. The smallest absolute Gasteiger partial charge is 0.266 e. The van der Waals surface area contributed by atoms with Crippen molar-refractivity contribution in [1.82, 2.24) is 0 Å². The maximum atomic E-state index is 12.6. The maximum Gasteiger partial charge on any atom is 0.266 e. The van der Waals surface area contributed by atoms with Crippen molar-refractivity contribution in [3.8, 4) is 23.3 Å². The minimum absolute atomic E-state index is 0.0263. The summed E-state index contributed by atoms with van der Waals surface area (Å²) in [5, 5.41) is 12.2. The zero-order valence-electron chi connectivity index (χ0n) is 18.9. The van der Waals surface area contributed by atoms with Crippen LogP contribution < -0.4 is 19.5 Å². The van der Waals surface area contributed by atoms with Gasteiger partial charge in [-0.2, -0.15) is 5.26 Å². The van der Waals surface area contributed by atoms with Gasteiger partial charge in [-0.3, -0.25) is 4.79 Å². The molecule has 3 aromatic rings. The predicted molar refractivity (Wildman–Crippen MR) is 128 cm³/mol. The van der Waals surface area contributed by atoms with Crippen LogP contribution in [-0.4, -0.2) is 19.6 Å². The first-order valence-corrected chi connectivity index (χ1v) is 10.5. The fourth-order valence-electron chi connectivity index (χ4n) is 3.04. The van der Waals surface area contributed by atoms with Crippen molar-refractivity contribution in [1.29, 1.82) is 5.26 Å². The number of ether oxygens (including phenoxy) is 3. The standard InChI is InChI=1S/C27H26N2O4/c1-4-32-26-16-21(9-14-25(26)33-18-20-7-5-19(2)6-8-20)15-22(17-28)27(30)29-23-10-12-24(31-3)13-11-23/h5-16H,4,18H2,1-3H3,(H,29,30). The largest absolute Gasteiger partial charge is 0.497 e. The highest BCUT2D eigenvalue weighted by molar-refractivity contribution is 6.09. The normalized spacial score (nSPS) is 10.8. The van der Waals surface area contributed by atoms with Gasteiger partial charge in [-0.05, 0) is 67.4 Å². The predicted octanol–water partition coefficient (Wildman–Crippen LogP) is 5.53. The number of carbonyl (C=O) groups excluding carboxylic acids is 1. The average molecular weight is 443 g/mol. The molecule has 3 aromatic carbocycles. The van der Waals surface area contributed by atoms with Gasteiger partial charge in [0.1, 0.15) is 24.0 Å². The van der Waals surface area contributed by atoms with E-state index < -0.39 is 5.91 Å². The number of benzene rings is 3. The minimum Gasteiger partial charge on any atom is -0.497 e. The van der Waals surface area contributed by atoms with Gasteiger partial charge in [0.15, 0.2) is 11.5 Å². The number of nitriles is 1. The Hall–Kier alpha value is -4.24. The summed E-state index contributed by atoms with van der Waals surface area (Å²) in [6.07, 6.45) is 1.52. The molecule has 0 radical (unpaired) electrons. The number of hydrogen-bond acceptors (Lipinski definition) is 5. The van der Waals surface area contributed by atoms with Gasteiger partial charge >= 0.3 is 0 Å². The van der Waals surface area contributed by atoms with E-state index in [1.54, 1.807) is 49.6 Å². The Balaban J connectivity index is 1.75. The molecule has 33 heavy (non-hydrogen) atoms. The summed E-state index contributed by atoms with van der Waals surface area (Å²) in [5.74, 6) is 1.32. The van der Waals surface area contributed by atoms with Gasteiger partial charge in [0.05, 0.1) is 13.7 Å². The second-order valence-corrected chi connectivity index (χ2v) is 7.27. The van der Waals surface area contributed by atoms with E-state index in [1.807, 2.05) is 44.2 Å². The Labute approximate surface area is 194 Å². The Morgan fingerprint density at radius 1 is 1.00 bits per heavy atom. The summed E-state index contributed by atoms with van der Waals surface area (Å²) in [5.41, 5.74) is 3.43. The van der Waals surface area contributed by atoms with Crippen LogP contribution in [0.25, 0.3) is 6.08 Å². The number of hydrogen-bond donors (Lipinski definition) is 1. The van der Waals surface area contributed by atoms with Crippen LogP contribution in [0.2, 0.25) is 0 Å². The maximum absolute atomic E-state index is 12.6. The molecule has 6 heteroatoms. The molecule has 0 unspecified atom stereocenters. The van der Waals surface area contributed by atoms with Crippen LogP contribution in [0.15, 0.2) is 72.3 Å². The van der Waals surface area contributed by atoms with Crippen molar-refractivity contribution < 1.29 is 19.0 Å². The molecule has 0 saturated heterocycles. The molecule has 0 aliphatic rings. The Bertz CT molecular complexity index is 1160. The molecule has 0 atom stereocenters. The van der Waals surface area contributed by atoms with Crippen molar-refractivity contribution in [2.75, 3.05) is 19.0 Å². The molecule has 0 aromatic heterocycles. The molecule has 0 bridgehead atoms. The molecule has 0 fully saturated rings. The molecular weight excluding hydrogens is 416 g/mol. The number of amides is 1. The van der Waals surface area contributed by atoms with Gasteiger partial charge in [0, 0.05) is 5.69 Å². The molecule has 168 valence electrons. The summed E-state index contributed by atoms with van der Waals surface area (Å²) >= 11 is 0. The van der Waals surface area contributed by atoms with Crippen LogP contribution in [0, 0.1) is 18.3 Å². The number of nitrogens with one attached hydrogen (secondary N) is 1. The van der Waals surface area contributed by atoms with E-state index in [2.05, 4.69) is 5.32 Å². The fourth-order valence-corrected chi connectivity index (χ4v) is 3.04. The van der Waals surface area contributed by atoms with Crippen molar-refractivity contribution in [3.05, 3.63) is 89.0 Å². The highest BCUT2D eigenvalue weighted by atomic mass is 16.5. The second-order valence-electron chi connectivity index (χ2n) is 7.27. The molecule has 0 spiro atoms. The molecular formula is C27H26N2O4. The van der Waals surface area contributed by atoms with E-state index in [0.717, 1.165) is 5.56 Å². The molecule has 0 saturated carbocycles. The van der Waals surface area contributed by atoms with E-state index in [1.165, 1.54) is 11.6 Å². The molecule has 1 N–H and O–H groups in total. The number of methoxy groups -OCH3 is 1. The summed E-state index contributed by atoms with van der Waals surface area (Å²) in [6.45, 7) is 4.78. The van der Waals surface area contributed by atoms with Gasteiger partial charge in [-0.1, -0.05) is 35.9 Å². The van der Waals surface area contributed by atoms with Crippen LogP contribution >= 0.6 is 0 Å². The SMILES string of the molecule is CCOc1cc(C=C(C#N)C(=O)Nc2ccc(OC)cc2)ccc1OCc1ccc(C)cc1. The average Bonchev–Trinajstić information content (AvgIpc) is 2.83. The van der Waals surface area contributed by atoms with Gasteiger partial charge in [0.2, 0.25) is 0 Å². The van der Waals surface area contributed by atoms with Crippen LogP contribution in [0.1, 0.15) is 23.6 Å². The van der Waals surface area contributed by atoms with Gasteiger partial charge < -0.3 is 19.5 Å². The molecule has 0 aliphatic heterocycles. The van der Waals surface area contributed by atoms with Crippen LogP contribution in [0.5, 0.6) is 17.2 Å². The molecule has 0 aliphatic carbocycles. The number of nitrogens with zero attached hydrogens (tertiary/aromatic N) is 1. The zero-order valence-corrected chi connectivity index (χ0v) is 18.9. The van der Waals surface area contributed by atoms with Crippen LogP contribution in [0.4, 0.5) is 5.69 Å².